The molecule has 2 aromatic rings. The zero-order valence-corrected chi connectivity index (χ0v) is 18.0. The molecule has 0 bridgehead atoms. The summed E-state index contributed by atoms with van der Waals surface area (Å²) in [5, 5.41) is 12.4. The first-order valence-corrected chi connectivity index (χ1v) is 9.81. The summed E-state index contributed by atoms with van der Waals surface area (Å²) in [4.78, 5) is 18.4. The molecule has 0 spiro atoms. The van der Waals surface area contributed by atoms with Gasteiger partial charge in [0.15, 0.2) is 5.76 Å². The fourth-order valence-corrected chi connectivity index (χ4v) is 4.09. The Kier molecular flexibility index (Phi) is 7.92. The number of ether oxygens (including phenoxy) is 1. The number of phenolic OH excluding ortho intramolecular Hbond substituents is 1. The first-order valence-electron chi connectivity index (χ1n) is 8.93. The molecule has 1 aromatic carbocycles. The van der Waals surface area contributed by atoms with Crippen LogP contribution in [0.2, 0.25) is 0 Å². The predicted molar refractivity (Wildman–Crippen MR) is 117 cm³/mol. The summed E-state index contributed by atoms with van der Waals surface area (Å²) in [7, 11) is 0. The van der Waals surface area contributed by atoms with E-state index in [9.17, 15) is 9.90 Å². The van der Waals surface area contributed by atoms with Crippen LogP contribution in [0.5, 0.6) is 11.5 Å². The number of benzene rings is 1. The van der Waals surface area contributed by atoms with E-state index in [1.807, 2.05) is 17.5 Å². The van der Waals surface area contributed by atoms with Crippen LogP contribution in [0.15, 0.2) is 35.4 Å². The van der Waals surface area contributed by atoms with E-state index in [2.05, 4.69) is 16.7 Å². The van der Waals surface area contributed by atoms with Crippen LogP contribution in [-0.2, 0) is 6.54 Å². The van der Waals surface area contributed by atoms with Crippen LogP contribution in [0.3, 0.4) is 0 Å². The Morgan fingerprint density at radius 3 is 2.50 bits per heavy atom. The zero-order valence-electron chi connectivity index (χ0n) is 15.6. The predicted octanol–water partition coefficient (Wildman–Crippen LogP) is 4.05. The molecule has 1 aromatic heterocycles. The highest BCUT2D eigenvalue weighted by molar-refractivity contribution is 7.10. The Labute approximate surface area is 181 Å². The van der Waals surface area contributed by atoms with Crippen LogP contribution >= 0.6 is 36.2 Å². The molecule has 5 nitrogen and oxygen atoms in total. The van der Waals surface area contributed by atoms with Gasteiger partial charge in [0, 0.05) is 43.7 Å². The number of hydrogen-bond donors (Lipinski definition) is 1. The SMILES string of the molecule is CCN1CCN(Cc2c(O)ccc3c2O/C(=C\c2cccs2)C3=O)CC1.Cl.Cl. The highest BCUT2D eigenvalue weighted by atomic mass is 35.5. The topological polar surface area (TPSA) is 53.0 Å². The van der Waals surface area contributed by atoms with Gasteiger partial charge in [-0.3, -0.25) is 9.69 Å². The van der Waals surface area contributed by atoms with Gasteiger partial charge >= 0.3 is 0 Å². The van der Waals surface area contributed by atoms with E-state index < -0.39 is 0 Å². The van der Waals surface area contributed by atoms with Gasteiger partial charge < -0.3 is 14.7 Å². The molecule has 0 atom stereocenters. The van der Waals surface area contributed by atoms with E-state index in [1.165, 1.54) is 0 Å². The third kappa shape index (κ3) is 4.53. The van der Waals surface area contributed by atoms with Crippen LogP contribution in [0.25, 0.3) is 6.08 Å². The number of phenols is 1. The number of allylic oxidation sites excluding steroid dienone is 1. The first-order chi connectivity index (χ1) is 12.7. The largest absolute Gasteiger partial charge is 0.507 e. The van der Waals surface area contributed by atoms with Gasteiger partial charge in [0.1, 0.15) is 11.5 Å². The lowest BCUT2D eigenvalue weighted by molar-refractivity contribution is 0.101. The number of nitrogens with zero attached hydrogens (tertiary/aromatic N) is 2. The Morgan fingerprint density at radius 2 is 1.86 bits per heavy atom. The fraction of sp³-hybridized carbons (Fsp3) is 0.350. The number of piperazine rings is 1. The molecule has 2 aliphatic rings. The minimum atomic E-state index is -0.120. The lowest BCUT2D eigenvalue weighted by atomic mass is 10.0. The molecule has 1 N–H and O–H groups in total. The van der Waals surface area contributed by atoms with Crippen molar-refractivity contribution in [1.29, 1.82) is 0 Å². The summed E-state index contributed by atoms with van der Waals surface area (Å²) in [6, 6.07) is 7.15. The van der Waals surface area contributed by atoms with Crippen LogP contribution in [0, 0.1) is 0 Å². The number of ketones is 1. The highest BCUT2D eigenvalue weighted by Crippen LogP contribution is 2.40. The Balaban J connectivity index is 0.00000140. The molecular formula is C20H24Cl2N2O3S. The molecule has 0 saturated carbocycles. The number of carbonyl (C=O) groups excluding carboxylic acids is 1. The molecule has 4 rings (SSSR count). The maximum Gasteiger partial charge on any atom is 0.232 e. The van der Waals surface area contributed by atoms with Crippen molar-refractivity contribution in [3.8, 4) is 11.5 Å². The first kappa shape index (κ1) is 22.7. The number of rotatable bonds is 4. The summed E-state index contributed by atoms with van der Waals surface area (Å²) >= 11 is 1.56. The normalized spacial score (nSPS) is 18.3. The van der Waals surface area contributed by atoms with Gasteiger partial charge in [-0.05, 0) is 30.1 Å². The number of Topliss-reactive ketones (excluding diaryl/α,β-unsaturated/α-hetero) is 1. The Bertz CT molecular complexity index is 847. The maximum atomic E-state index is 12.7. The minimum absolute atomic E-state index is 0. The molecule has 28 heavy (non-hydrogen) atoms. The van der Waals surface area contributed by atoms with E-state index in [4.69, 9.17) is 4.74 Å². The second-order valence-corrected chi connectivity index (χ2v) is 7.58. The summed E-state index contributed by atoms with van der Waals surface area (Å²) in [5.74, 6) is 0.901. The second kappa shape index (κ2) is 9.76. The van der Waals surface area contributed by atoms with Crippen molar-refractivity contribution in [2.45, 2.75) is 13.5 Å². The van der Waals surface area contributed by atoms with Gasteiger partial charge in [-0.1, -0.05) is 13.0 Å². The van der Waals surface area contributed by atoms with E-state index in [0.717, 1.165) is 37.6 Å². The van der Waals surface area contributed by atoms with Gasteiger partial charge in [0.2, 0.25) is 5.78 Å². The number of aromatic hydroxyl groups is 1. The maximum absolute atomic E-state index is 12.7. The van der Waals surface area contributed by atoms with Gasteiger partial charge in [-0.25, -0.2) is 0 Å². The number of carbonyl (C=O) groups is 1. The van der Waals surface area contributed by atoms with E-state index in [1.54, 1.807) is 29.5 Å². The molecular weight excluding hydrogens is 419 g/mol. The quantitative estimate of drug-likeness (QED) is 0.723. The highest BCUT2D eigenvalue weighted by Gasteiger charge is 2.32. The molecule has 8 heteroatoms. The van der Waals surface area contributed by atoms with Crippen LogP contribution in [-0.4, -0.2) is 53.4 Å². The number of halogens is 2. The summed E-state index contributed by atoms with van der Waals surface area (Å²) in [5.41, 5.74) is 1.24. The summed E-state index contributed by atoms with van der Waals surface area (Å²) in [6.45, 7) is 7.77. The fourth-order valence-electron chi connectivity index (χ4n) is 3.44. The van der Waals surface area contributed by atoms with Crippen LogP contribution in [0.1, 0.15) is 27.7 Å². The average Bonchev–Trinajstić information content (AvgIpc) is 3.27. The molecule has 1 saturated heterocycles. The van der Waals surface area contributed by atoms with Gasteiger partial charge in [0.05, 0.1) is 11.1 Å². The van der Waals surface area contributed by atoms with Crippen LogP contribution < -0.4 is 4.74 Å². The molecule has 0 aliphatic carbocycles. The zero-order chi connectivity index (χ0) is 18.1. The molecule has 0 radical (unpaired) electrons. The Morgan fingerprint density at radius 1 is 1.14 bits per heavy atom. The number of fused-ring (bicyclic) bond motifs is 1. The molecule has 2 aliphatic heterocycles. The third-order valence-electron chi connectivity index (χ3n) is 5.03. The molecule has 3 heterocycles. The van der Waals surface area contributed by atoms with Crippen molar-refractivity contribution in [3.63, 3.8) is 0 Å². The molecule has 152 valence electrons. The number of thiophene rings is 1. The minimum Gasteiger partial charge on any atom is -0.507 e. The van der Waals surface area contributed by atoms with Crippen LogP contribution in [0.4, 0.5) is 0 Å². The standard InChI is InChI=1S/C20H22N2O3S.2ClH/c1-2-21-7-9-22(10-8-21)13-16-17(23)6-5-15-19(24)18(25-20(15)16)12-14-4-3-11-26-14;;/h3-6,11-12,23H,2,7-10,13H2,1H3;2*1H/b18-12-;;. The summed E-state index contributed by atoms with van der Waals surface area (Å²) < 4.78 is 5.91. The van der Waals surface area contributed by atoms with Crippen molar-refractivity contribution < 1.29 is 14.6 Å². The van der Waals surface area contributed by atoms with Crippen molar-refractivity contribution in [3.05, 3.63) is 51.4 Å². The smallest absolute Gasteiger partial charge is 0.232 e. The second-order valence-electron chi connectivity index (χ2n) is 6.61. The van der Waals surface area contributed by atoms with E-state index in [0.29, 0.717) is 29.2 Å². The average molecular weight is 443 g/mol. The molecule has 1 fully saturated rings. The Hall–Kier alpha value is -1.57. The van der Waals surface area contributed by atoms with Crippen molar-refractivity contribution in [1.82, 2.24) is 9.80 Å². The number of likely N-dealkylation sites (N-methyl/N-ethyl adjacent to an activating group) is 1. The van der Waals surface area contributed by atoms with Gasteiger partial charge in [-0.15, -0.1) is 36.2 Å². The number of hydrogen-bond acceptors (Lipinski definition) is 6. The van der Waals surface area contributed by atoms with E-state index in [-0.39, 0.29) is 36.3 Å². The van der Waals surface area contributed by atoms with E-state index >= 15 is 0 Å². The van der Waals surface area contributed by atoms with Crippen molar-refractivity contribution in [2.24, 2.45) is 0 Å². The molecule has 0 unspecified atom stereocenters. The lowest BCUT2D eigenvalue weighted by Gasteiger charge is -2.34. The van der Waals surface area contributed by atoms with Gasteiger partial charge in [-0.2, -0.15) is 0 Å². The summed E-state index contributed by atoms with van der Waals surface area (Å²) in [6.07, 6.45) is 1.77. The van der Waals surface area contributed by atoms with Crippen molar-refractivity contribution in [2.75, 3.05) is 32.7 Å². The lowest BCUT2D eigenvalue weighted by Crippen LogP contribution is -2.45. The van der Waals surface area contributed by atoms with Gasteiger partial charge in [0.25, 0.3) is 0 Å². The monoisotopic (exact) mass is 442 g/mol. The van der Waals surface area contributed by atoms with Crippen molar-refractivity contribution >= 4 is 48.0 Å². The third-order valence-corrected chi connectivity index (χ3v) is 5.85. The molecule has 0 amide bonds.